The van der Waals surface area contributed by atoms with E-state index in [9.17, 15) is 4.79 Å². The average Bonchev–Trinajstić information content (AvgIpc) is 2.57. The van der Waals surface area contributed by atoms with Crippen molar-refractivity contribution in [2.75, 3.05) is 18.0 Å². The molecule has 22 heavy (non-hydrogen) atoms. The highest BCUT2D eigenvalue weighted by Gasteiger charge is 2.15. The van der Waals surface area contributed by atoms with E-state index in [1.165, 1.54) is 5.57 Å². The van der Waals surface area contributed by atoms with Crippen LogP contribution in [0.3, 0.4) is 0 Å². The van der Waals surface area contributed by atoms with Gasteiger partial charge in [-0.1, -0.05) is 11.6 Å². The molecule has 1 aliphatic heterocycles. The van der Waals surface area contributed by atoms with Gasteiger partial charge in [0.05, 0.1) is 11.3 Å². The maximum Gasteiger partial charge on any atom is 0.335 e. The van der Waals surface area contributed by atoms with Crippen molar-refractivity contribution >= 4 is 17.7 Å². The van der Waals surface area contributed by atoms with E-state index in [2.05, 4.69) is 16.0 Å². The van der Waals surface area contributed by atoms with Gasteiger partial charge in [-0.2, -0.15) is 0 Å². The third-order valence-corrected chi connectivity index (χ3v) is 3.92. The maximum absolute atomic E-state index is 10.9. The Balaban J connectivity index is 1.64. The number of carboxylic acids is 1. The lowest BCUT2D eigenvalue weighted by molar-refractivity contribution is 0.0697. The molecule has 0 radical (unpaired) electrons. The second-order valence-electron chi connectivity index (χ2n) is 5.40. The van der Waals surface area contributed by atoms with Crippen LogP contribution in [0.1, 0.15) is 28.9 Å². The number of carboxylic acid groups (broad SMARTS) is 1. The van der Waals surface area contributed by atoms with Gasteiger partial charge in [0.15, 0.2) is 0 Å². The monoisotopic (exact) mass is 294 g/mol. The van der Waals surface area contributed by atoms with Gasteiger partial charge in [0.2, 0.25) is 0 Å². The number of hydrogen-bond acceptors (Lipinski definition) is 3. The molecule has 0 amide bonds. The number of aromatic nitrogens is 1. The van der Waals surface area contributed by atoms with Crippen LogP contribution in [-0.2, 0) is 0 Å². The van der Waals surface area contributed by atoms with E-state index in [1.54, 1.807) is 12.1 Å². The number of benzene rings is 1. The Morgan fingerprint density at radius 3 is 2.41 bits per heavy atom. The summed E-state index contributed by atoms with van der Waals surface area (Å²) >= 11 is 0. The Morgan fingerprint density at radius 2 is 1.82 bits per heavy atom. The summed E-state index contributed by atoms with van der Waals surface area (Å²) in [5, 5.41) is 8.93. The molecule has 2 heterocycles. The zero-order valence-electron chi connectivity index (χ0n) is 12.3. The van der Waals surface area contributed by atoms with Crippen LogP contribution >= 0.6 is 0 Å². The first-order valence-corrected chi connectivity index (χ1v) is 7.41. The van der Waals surface area contributed by atoms with Crippen LogP contribution in [0.5, 0.6) is 0 Å². The molecule has 0 unspecified atom stereocenters. The molecule has 0 atom stereocenters. The standard InChI is InChI=1S/C18H18N2O2/c21-18(22)15-4-6-17(7-5-15)20-11-8-14(9-12-20)13-16-3-1-2-10-19-16/h1-7,10,13H,8-9,11-12H2,(H,21,22). The highest BCUT2D eigenvalue weighted by Crippen LogP contribution is 2.24. The van der Waals surface area contributed by atoms with Crippen LogP contribution in [-0.4, -0.2) is 29.1 Å². The van der Waals surface area contributed by atoms with Gasteiger partial charge in [-0.3, -0.25) is 4.98 Å². The van der Waals surface area contributed by atoms with E-state index in [0.717, 1.165) is 37.3 Å². The lowest BCUT2D eigenvalue weighted by Gasteiger charge is -2.30. The van der Waals surface area contributed by atoms with Gasteiger partial charge in [0.1, 0.15) is 0 Å². The van der Waals surface area contributed by atoms with Gasteiger partial charge in [-0.25, -0.2) is 4.79 Å². The van der Waals surface area contributed by atoms with Crippen LogP contribution in [0.2, 0.25) is 0 Å². The predicted octanol–water partition coefficient (Wildman–Crippen LogP) is 3.46. The molecule has 1 N–H and O–H groups in total. The second-order valence-corrected chi connectivity index (χ2v) is 5.40. The van der Waals surface area contributed by atoms with Gasteiger partial charge in [-0.15, -0.1) is 0 Å². The SMILES string of the molecule is O=C(O)c1ccc(N2CCC(=Cc3ccccn3)CC2)cc1. The molecule has 4 nitrogen and oxygen atoms in total. The lowest BCUT2D eigenvalue weighted by atomic mass is 10.0. The molecule has 1 aliphatic rings. The van der Waals surface area contributed by atoms with Crippen molar-refractivity contribution < 1.29 is 9.90 Å². The molecule has 1 aromatic heterocycles. The Morgan fingerprint density at radius 1 is 1.09 bits per heavy atom. The number of nitrogens with zero attached hydrogens (tertiary/aromatic N) is 2. The van der Waals surface area contributed by atoms with Crippen molar-refractivity contribution in [2.45, 2.75) is 12.8 Å². The molecule has 0 aliphatic carbocycles. The number of pyridine rings is 1. The third kappa shape index (κ3) is 3.34. The van der Waals surface area contributed by atoms with Crippen LogP contribution in [0, 0.1) is 0 Å². The van der Waals surface area contributed by atoms with Gasteiger partial charge >= 0.3 is 5.97 Å². The molecule has 0 saturated carbocycles. The summed E-state index contributed by atoms with van der Waals surface area (Å²) < 4.78 is 0. The number of piperidine rings is 1. The van der Waals surface area contributed by atoms with Gasteiger partial charge < -0.3 is 10.0 Å². The average molecular weight is 294 g/mol. The molecule has 3 rings (SSSR count). The fourth-order valence-corrected chi connectivity index (χ4v) is 2.68. The summed E-state index contributed by atoms with van der Waals surface area (Å²) in [6.45, 7) is 1.90. The number of rotatable bonds is 3. The molecule has 2 aromatic rings. The van der Waals surface area contributed by atoms with Crippen LogP contribution < -0.4 is 4.90 Å². The van der Waals surface area contributed by atoms with E-state index in [-0.39, 0.29) is 0 Å². The highest BCUT2D eigenvalue weighted by atomic mass is 16.4. The summed E-state index contributed by atoms with van der Waals surface area (Å²) in [5.41, 5.74) is 3.84. The van der Waals surface area contributed by atoms with Gasteiger partial charge in [0, 0.05) is 25.0 Å². The number of anilines is 1. The first-order valence-electron chi connectivity index (χ1n) is 7.41. The van der Waals surface area contributed by atoms with Crippen LogP contribution in [0.15, 0.2) is 54.2 Å². The third-order valence-electron chi connectivity index (χ3n) is 3.92. The van der Waals surface area contributed by atoms with E-state index in [0.29, 0.717) is 5.56 Å². The maximum atomic E-state index is 10.9. The van der Waals surface area contributed by atoms with Crippen molar-refractivity contribution in [1.29, 1.82) is 0 Å². The number of aromatic carboxylic acids is 1. The molecule has 112 valence electrons. The summed E-state index contributed by atoms with van der Waals surface area (Å²) in [5.74, 6) is -0.884. The fraction of sp³-hybridized carbons (Fsp3) is 0.222. The van der Waals surface area contributed by atoms with Crippen molar-refractivity contribution in [2.24, 2.45) is 0 Å². The van der Waals surface area contributed by atoms with E-state index < -0.39 is 5.97 Å². The Hall–Kier alpha value is -2.62. The first kappa shape index (κ1) is 14.3. The Kier molecular flexibility index (Phi) is 4.19. The van der Waals surface area contributed by atoms with Crippen molar-refractivity contribution in [3.8, 4) is 0 Å². The summed E-state index contributed by atoms with van der Waals surface area (Å²) in [4.78, 5) is 17.5. The molecule has 4 heteroatoms. The Bertz CT molecular complexity index is 668. The summed E-state index contributed by atoms with van der Waals surface area (Å²) in [7, 11) is 0. The quantitative estimate of drug-likeness (QED) is 0.942. The predicted molar refractivity (Wildman–Crippen MR) is 87.1 cm³/mol. The van der Waals surface area contributed by atoms with E-state index in [1.807, 2.05) is 36.5 Å². The van der Waals surface area contributed by atoms with Gasteiger partial charge in [-0.05, 0) is 55.3 Å². The normalized spacial score (nSPS) is 14.7. The topological polar surface area (TPSA) is 53.4 Å². The zero-order chi connectivity index (χ0) is 15.4. The molecule has 0 spiro atoms. The largest absolute Gasteiger partial charge is 0.478 e. The van der Waals surface area contributed by atoms with Crippen LogP contribution in [0.4, 0.5) is 5.69 Å². The summed E-state index contributed by atoms with van der Waals surface area (Å²) in [6, 6.07) is 13.0. The van der Waals surface area contributed by atoms with Crippen molar-refractivity contribution in [3.05, 3.63) is 65.5 Å². The second kappa shape index (κ2) is 6.43. The minimum Gasteiger partial charge on any atom is -0.478 e. The lowest BCUT2D eigenvalue weighted by Crippen LogP contribution is -2.30. The number of carbonyl (C=O) groups is 1. The van der Waals surface area contributed by atoms with Crippen LogP contribution in [0.25, 0.3) is 6.08 Å². The summed E-state index contributed by atoms with van der Waals surface area (Å²) in [6.07, 6.45) is 6.00. The zero-order valence-corrected chi connectivity index (χ0v) is 12.3. The molecule has 1 fully saturated rings. The minimum atomic E-state index is -0.884. The van der Waals surface area contributed by atoms with Crippen molar-refractivity contribution in [3.63, 3.8) is 0 Å². The first-order chi connectivity index (χ1) is 10.7. The molecular formula is C18H18N2O2. The molecule has 0 bridgehead atoms. The fourth-order valence-electron chi connectivity index (χ4n) is 2.68. The van der Waals surface area contributed by atoms with E-state index >= 15 is 0 Å². The molecular weight excluding hydrogens is 276 g/mol. The van der Waals surface area contributed by atoms with Gasteiger partial charge in [0.25, 0.3) is 0 Å². The van der Waals surface area contributed by atoms with Crippen molar-refractivity contribution in [1.82, 2.24) is 4.98 Å². The molecule has 1 saturated heterocycles. The number of hydrogen-bond donors (Lipinski definition) is 1. The minimum absolute atomic E-state index is 0.330. The Labute approximate surface area is 129 Å². The smallest absolute Gasteiger partial charge is 0.335 e. The molecule has 1 aromatic carbocycles. The van der Waals surface area contributed by atoms with E-state index in [4.69, 9.17) is 5.11 Å². The highest BCUT2D eigenvalue weighted by molar-refractivity contribution is 5.88.